The summed E-state index contributed by atoms with van der Waals surface area (Å²) in [6.07, 6.45) is 0. The van der Waals surface area contributed by atoms with Crippen molar-refractivity contribution in [2.24, 2.45) is 0 Å². The average Bonchev–Trinajstić information content (AvgIpc) is 3.40. The smallest absolute Gasteiger partial charge is 0.0468 e. The summed E-state index contributed by atoms with van der Waals surface area (Å²) < 4.78 is 0. The van der Waals surface area contributed by atoms with Gasteiger partial charge in [0.05, 0.1) is 0 Å². The van der Waals surface area contributed by atoms with E-state index in [9.17, 15) is 0 Å². The van der Waals surface area contributed by atoms with E-state index in [2.05, 4.69) is 169 Å². The van der Waals surface area contributed by atoms with Crippen molar-refractivity contribution >= 4 is 49.4 Å². The number of anilines is 3. The predicted octanol–water partition coefficient (Wildman–Crippen LogP) is 11.9. The van der Waals surface area contributed by atoms with Crippen LogP contribution in [0.15, 0.2) is 164 Å². The van der Waals surface area contributed by atoms with Crippen molar-refractivity contribution in [3.8, 4) is 33.4 Å². The number of hydrogen-bond acceptors (Lipinski definition) is 1. The van der Waals surface area contributed by atoms with Crippen LogP contribution in [-0.2, 0) is 0 Å². The molecule has 200 valence electrons. The third-order valence-electron chi connectivity index (χ3n) is 8.97. The Morgan fingerprint density at radius 1 is 0.302 bits per heavy atom. The van der Waals surface area contributed by atoms with E-state index in [-0.39, 0.29) is 0 Å². The van der Waals surface area contributed by atoms with Crippen LogP contribution in [0.1, 0.15) is 0 Å². The van der Waals surface area contributed by atoms with Crippen molar-refractivity contribution in [2.45, 2.75) is 0 Å². The van der Waals surface area contributed by atoms with E-state index < -0.39 is 0 Å². The standard InChI is InChI=1S/C42H27N/c1-2-8-28(9-3-1)29-18-20-33(21-19-29)43(34-22-24-37-32(26-34)17-16-30-10-4-5-13-36(30)37)35-23-25-38-39-14-6-11-31-12-7-15-40(42(31)39)41(38)27-35/h1-27H. The summed E-state index contributed by atoms with van der Waals surface area (Å²) in [6.45, 7) is 0. The summed E-state index contributed by atoms with van der Waals surface area (Å²) in [4.78, 5) is 2.40. The molecular weight excluding hydrogens is 518 g/mol. The van der Waals surface area contributed by atoms with E-state index >= 15 is 0 Å². The van der Waals surface area contributed by atoms with E-state index in [1.807, 2.05) is 0 Å². The Kier molecular flexibility index (Phi) is 5.27. The molecule has 0 heterocycles. The van der Waals surface area contributed by atoms with Crippen LogP contribution in [0, 0.1) is 0 Å². The van der Waals surface area contributed by atoms with Crippen molar-refractivity contribution in [3.05, 3.63) is 164 Å². The van der Waals surface area contributed by atoms with Gasteiger partial charge < -0.3 is 4.90 Å². The van der Waals surface area contributed by atoms with Gasteiger partial charge in [0.1, 0.15) is 0 Å². The van der Waals surface area contributed by atoms with Gasteiger partial charge in [0.25, 0.3) is 0 Å². The normalized spacial score (nSPS) is 11.7. The Morgan fingerprint density at radius 3 is 1.74 bits per heavy atom. The average molecular weight is 546 g/mol. The molecule has 0 N–H and O–H groups in total. The lowest BCUT2D eigenvalue weighted by atomic mass is 10.00. The highest BCUT2D eigenvalue weighted by Crippen LogP contribution is 2.49. The van der Waals surface area contributed by atoms with E-state index in [4.69, 9.17) is 0 Å². The fourth-order valence-electron chi connectivity index (χ4n) is 6.94. The number of benzene rings is 8. The molecule has 0 saturated carbocycles. The predicted molar refractivity (Wildman–Crippen MR) is 184 cm³/mol. The first kappa shape index (κ1) is 24.0. The van der Waals surface area contributed by atoms with Crippen LogP contribution in [0.25, 0.3) is 65.7 Å². The first-order valence-corrected chi connectivity index (χ1v) is 14.9. The Hall–Kier alpha value is -5.66. The number of nitrogens with zero attached hydrogens (tertiary/aromatic N) is 1. The Morgan fingerprint density at radius 2 is 0.907 bits per heavy atom. The number of rotatable bonds is 4. The van der Waals surface area contributed by atoms with Crippen LogP contribution in [0.4, 0.5) is 17.1 Å². The third-order valence-corrected chi connectivity index (χ3v) is 8.97. The minimum Gasteiger partial charge on any atom is -0.310 e. The first-order chi connectivity index (χ1) is 21.3. The van der Waals surface area contributed by atoms with Crippen molar-refractivity contribution < 1.29 is 0 Å². The van der Waals surface area contributed by atoms with Crippen molar-refractivity contribution in [1.29, 1.82) is 0 Å². The van der Waals surface area contributed by atoms with Gasteiger partial charge in [-0.25, -0.2) is 0 Å². The van der Waals surface area contributed by atoms with Crippen LogP contribution in [-0.4, -0.2) is 0 Å². The zero-order valence-corrected chi connectivity index (χ0v) is 23.5. The Labute approximate surface area is 250 Å². The highest BCUT2D eigenvalue weighted by molar-refractivity contribution is 6.16. The lowest BCUT2D eigenvalue weighted by Crippen LogP contribution is -2.10. The molecule has 1 nitrogen and oxygen atoms in total. The second kappa shape index (κ2) is 9.44. The highest BCUT2D eigenvalue weighted by Gasteiger charge is 2.23. The van der Waals surface area contributed by atoms with E-state index in [1.165, 1.54) is 65.7 Å². The molecule has 0 amide bonds. The summed E-state index contributed by atoms with van der Waals surface area (Å²) in [6, 6.07) is 59.8. The van der Waals surface area contributed by atoms with Crippen molar-refractivity contribution in [1.82, 2.24) is 0 Å². The topological polar surface area (TPSA) is 3.24 Å². The van der Waals surface area contributed by atoms with E-state index in [1.54, 1.807) is 0 Å². The second-order valence-corrected chi connectivity index (χ2v) is 11.4. The lowest BCUT2D eigenvalue weighted by Gasteiger charge is -2.27. The Balaban J connectivity index is 1.23. The summed E-state index contributed by atoms with van der Waals surface area (Å²) in [7, 11) is 0. The minimum absolute atomic E-state index is 1.13. The number of hydrogen-bond donors (Lipinski definition) is 0. The van der Waals surface area contributed by atoms with Crippen LogP contribution < -0.4 is 4.90 Å². The monoisotopic (exact) mass is 545 g/mol. The maximum atomic E-state index is 2.40. The summed E-state index contributed by atoms with van der Waals surface area (Å²) in [5, 5.41) is 7.71. The van der Waals surface area contributed by atoms with Gasteiger partial charge in [-0.1, -0.05) is 127 Å². The van der Waals surface area contributed by atoms with Gasteiger partial charge in [-0.15, -0.1) is 0 Å². The van der Waals surface area contributed by atoms with Gasteiger partial charge in [0.2, 0.25) is 0 Å². The van der Waals surface area contributed by atoms with E-state index in [0.29, 0.717) is 0 Å². The maximum Gasteiger partial charge on any atom is 0.0468 e. The molecule has 8 aromatic rings. The second-order valence-electron chi connectivity index (χ2n) is 11.4. The SMILES string of the molecule is c1ccc(-c2ccc(N(c3ccc4c(c3)-c3cccc5cccc-4c35)c3ccc4c(ccc5ccccc54)c3)cc2)cc1. The molecule has 1 aliphatic carbocycles. The minimum atomic E-state index is 1.13. The fraction of sp³-hybridized carbons (Fsp3) is 0. The molecule has 0 spiro atoms. The van der Waals surface area contributed by atoms with Crippen molar-refractivity contribution in [3.63, 3.8) is 0 Å². The molecule has 1 heteroatoms. The molecule has 0 unspecified atom stereocenters. The first-order valence-electron chi connectivity index (χ1n) is 14.9. The molecule has 0 fully saturated rings. The molecule has 0 radical (unpaired) electrons. The molecule has 0 saturated heterocycles. The zero-order chi connectivity index (χ0) is 28.3. The van der Waals surface area contributed by atoms with Gasteiger partial charge in [-0.3, -0.25) is 0 Å². The van der Waals surface area contributed by atoms with Crippen LogP contribution in [0.2, 0.25) is 0 Å². The lowest BCUT2D eigenvalue weighted by molar-refractivity contribution is 1.29. The summed E-state index contributed by atoms with van der Waals surface area (Å²) in [5.41, 5.74) is 11.1. The summed E-state index contributed by atoms with van der Waals surface area (Å²) >= 11 is 0. The van der Waals surface area contributed by atoms with Crippen LogP contribution >= 0.6 is 0 Å². The molecule has 8 aromatic carbocycles. The van der Waals surface area contributed by atoms with Gasteiger partial charge in [-0.05, 0) is 102 Å². The van der Waals surface area contributed by atoms with Crippen molar-refractivity contribution in [2.75, 3.05) is 4.90 Å². The van der Waals surface area contributed by atoms with E-state index in [0.717, 1.165) is 17.1 Å². The fourth-order valence-corrected chi connectivity index (χ4v) is 6.94. The van der Waals surface area contributed by atoms with Gasteiger partial charge in [0, 0.05) is 17.1 Å². The van der Waals surface area contributed by atoms with Gasteiger partial charge in [-0.2, -0.15) is 0 Å². The molecule has 0 bridgehead atoms. The maximum absolute atomic E-state index is 2.40. The van der Waals surface area contributed by atoms with Crippen LogP contribution in [0.3, 0.4) is 0 Å². The molecule has 0 aliphatic heterocycles. The highest BCUT2D eigenvalue weighted by atomic mass is 15.1. The molecular formula is C42H27N. The van der Waals surface area contributed by atoms with Gasteiger partial charge >= 0.3 is 0 Å². The summed E-state index contributed by atoms with van der Waals surface area (Å²) in [5.74, 6) is 0. The third kappa shape index (κ3) is 3.79. The number of fused-ring (bicyclic) bond motifs is 6. The quantitative estimate of drug-likeness (QED) is 0.199. The Bertz CT molecular complexity index is 2330. The largest absolute Gasteiger partial charge is 0.310 e. The van der Waals surface area contributed by atoms with Crippen LogP contribution in [0.5, 0.6) is 0 Å². The molecule has 0 atom stereocenters. The zero-order valence-electron chi connectivity index (χ0n) is 23.5. The molecule has 0 aromatic heterocycles. The van der Waals surface area contributed by atoms with Gasteiger partial charge in [0.15, 0.2) is 0 Å². The molecule has 1 aliphatic rings. The molecule has 9 rings (SSSR count). The molecule has 43 heavy (non-hydrogen) atoms.